The maximum Gasteiger partial charge on any atom is 0.125 e. The van der Waals surface area contributed by atoms with Crippen LogP contribution in [0.1, 0.15) is 16.5 Å². The zero-order chi connectivity index (χ0) is 14.5. The predicted octanol–water partition coefficient (Wildman–Crippen LogP) is 3.20. The summed E-state index contributed by atoms with van der Waals surface area (Å²) in [7, 11) is 0. The lowest BCUT2D eigenvalue weighted by atomic mass is 10.2. The average molecular weight is 296 g/mol. The third-order valence-corrected chi connectivity index (χ3v) is 3.89. The molecule has 1 N–H and O–H groups in total. The molecule has 0 fully saturated rings. The van der Waals surface area contributed by atoms with Gasteiger partial charge in [-0.1, -0.05) is 30.3 Å². The van der Waals surface area contributed by atoms with Crippen molar-refractivity contribution in [3.63, 3.8) is 0 Å². The van der Waals surface area contributed by atoms with E-state index < -0.39 is 0 Å². The first kappa shape index (κ1) is 13.9. The maximum absolute atomic E-state index is 4.65. The fourth-order valence-corrected chi connectivity index (χ4v) is 2.81. The van der Waals surface area contributed by atoms with Gasteiger partial charge in [-0.25, -0.2) is 15.0 Å². The molecule has 0 spiro atoms. The van der Waals surface area contributed by atoms with Gasteiger partial charge >= 0.3 is 0 Å². The molecule has 1 aromatic carbocycles. The molecule has 21 heavy (non-hydrogen) atoms. The molecule has 106 valence electrons. The van der Waals surface area contributed by atoms with E-state index in [1.54, 1.807) is 17.5 Å². The van der Waals surface area contributed by atoms with Crippen molar-refractivity contribution in [2.45, 2.75) is 20.0 Å². The topological polar surface area (TPSA) is 50.7 Å². The van der Waals surface area contributed by atoms with Crippen molar-refractivity contribution in [1.82, 2.24) is 20.3 Å². The van der Waals surface area contributed by atoms with Crippen molar-refractivity contribution < 1.29 is 0 Å². The molecule has 3 aromatic rings. The summed E-state index contributed by atoms with van der Waals surface area (Å²) in [5, 5.41) is 6.55. The molecule has 5 heteroatoms. The largest absolute Gasteiger partial charge is 0.305 e. The lowest BCUT2D eigenvalue weighted by Crippen LogP contribution is -2.14. The number of hydrogen-bond acceptors (Lipinski definition) is 5. The number of aryl methyl sites for hydroxylation is 1. The molecule has 2 aromatic heterocycles. The molecule has 0 saturated carbocycles. The van der Waals surface area contributed by atoms with Crippen molar-refractivity contribution in [1.29, 1.82) is 0 Å². The van der Waals surface area contributed by atoms with E-state index in [0.717, 1.165) is 40.9 Å². The minimum Gasteiger partial charge on any atom is -0.305 e. The Morgan fingerprint density at radius 3 is 2.71 bits per heavy atom. The van der Waals surface area contributed by atoms with E-state index >= 15 is 0 Å². The molecule has 0 unspecified atom stereocenters. The molecule has 2 heterocycles. The Kier molecular flexibility index (Phi) is 4.33. The zero-order valence-corrected chi connectivity index (χ0v) is 12.6. The van der Waals surface area contributed by atoms with Crippen LogP contribution in [0.15, 0.2) is 48.0 Å². The lowest BCUT2D eigenvalue weighted by molar-refractivity contribution is 0.672. The van der Waals surface area contributed by atoms with Crippen LogP contribution >= 0.6 is 11.3 Å². The molecule has 0 atom stereocenters. The van der Waals surface area contributed by atoms with Crippen molar-refractivity contribution in [2.24, 2.45) is 0 Å². The summed E-state index contributed by atoms with van der Waals surface area (Å²) >= 11 is 1.68. The van der Waals surface area contributed by atoms with Crippen LogP contribution in [0.5, 0.6) is 0 Å². The lowest BCUT2D eigenvalue weighted by Gasteiger charge is -2.02. The fraction of sp³-hybridized carbons (Fsp3) is 0.188. The van der Waals surface area contributed by atoms with Crippen LogP contribution < -0.4 is 5.32 Å². The SMILES string of the molecule is Cc1nccc(CNCc2nc(-c3ccccc3)cs2)n1. The van der Waals surface area contributed by atoms with Gasteiger partial charge in [0.2, 0.25) is 0 Å². The first-order chi connectivity index (χ1) is 10.3. The molecule has 0 bridgehead atoms. The Balaban J connectivity index is 1.58. The van der Waals surface area contributed by atoms with Crippen LogP contribution in [-0.4, -0.2) is 15.0 Å². The Morgan fingerprint density at radius 2 is 1.90 bits per heavy atom. The van der Waals surface area contributed by atoms with Crippen LogP contribution in [0.4, 0.5) is 0 Å². The maximum atomic E-state index is 4.65. The standard InChI is InChI=1S/C16H16N4S/c1-12-18-8-7-14(19-12)9-17-10-16-20-15(11-21-16)13-5-3-2-4-6-13/h2-8,11,17H,9-10H2,1H3. The summed E-state index contributed by atoms with van der Waals surface area (Å²) in [6.45, 7) is 3.38. The molecule has 4 nitrogen and oxygen atoms in total. The highest BCUT2D eigenvalue weighted by Gasteiger charge is 2.04. The number of aromatic nitrogens is 3. The molecule has 0 aliphatic carbocycles. The average Bonchev–Trinajstić information content (AvgIpc) is 2.97. The molecule has 0 radical (unpaired) electrons. The van der Waals surface area contributed by atoms with Crippen molar-refractivity contribution in [2.75, 3.05) is 0 Å². The molecule has 0 aliphatic heterocycles. The zero-order valence-electron chi connectivity index (χ0n) is 11.8. The van der Waals surface area contributed by atoms with E-state index in [-0.39, 0.29) is 0 Å². The number of nitrogens with zero attached hydrogens (tertiary/aromatic N) is 3. The van der Waals surface area contributed by atoms with Gasteiger partial charge in [-0.05, 0) is 13.0 Å². The highest BCUT2D eigenvalue weighted by atomic mass is 32.1. The highest BCUT2D eigenvalue weighted by Crippen LogP contribution is 2.21. The number of nitrogens with one attached hydrogen (secondary N) is 1. The Bertz CT molecular complexity index is 709. The van der Waals surface area contributed by atoms with Gasteiger partial charge in [0.25, 0.3) is 0 Å². The summed E-state index contributed by atoms with van der Waals surface area (Å²) < 4.78 is 0. The second-order valence-electron chi connectivity index (χ2n) is 4.69. The monoisotopic (exact) mass is 296 g/mol. The smallest absolute Gasteiger partial charge is 0.125 e. The van der Waals surface area contributed by atoms with Gasteiger partial charge in [0.15, 0.2) is 0 Å². The summed E-state index contributed by atoms with van der Waals surface area (Å²) in [5.41, 5.74) is 3.20. The van der Waals surface area contributed by atoms with Gasteiger partial charge in [-0.3, -0.25) is 0 Å². The van der Waals surface area contributed by atoms with Crippen LogP contribution in [-0.2, 0) is 13.1 Å². The third-order valence-electron chi connectivity index (χ3n) is 3.04. The van der Waals surface area contributed by atoms with E-state index in [2.05, 4.69) is 37.8 Å². The Morgan fingerprint density at radius 1 is 1.05 bits per heavy atom. The van der Waals surface area contributed by atoms with Gasteiger partial charge in [0.1, 0.15) is 10.8 Å². The van der Waals surface area contributed by atoms with Crippen molar-refractivity contribution in [3.8, 4) is 11.3 Å². The number of hydrogen-bond donors (Lipinski definition) is 1. The van der Waals surface area contributed by atoms with Gasteiger partial charge < -0.3 is 5.32 Å². The summed E-state index contributed by atoms with van der Waals surface area (Å²) in [5.74, 6) is 0.801. The van der Waals surface area contributed by atoms with E-state index in [4.69, 9.17) is 0 Å². The Labute approximate surface area is 127 Å². The van der Waals surface area contributed by atoms with E-state index in [9.17, 15) is 0 Å². The highest BCUT2D eigenvalue weighted by molar-refractivity contribution is 7.09. The summed E-state index contributed by atoms with van der Waals surface area (Å²) in [4.78, 5) is 13.1. The predicted molar refractivity (Wildman–Crippen MR) is 84.9 cm³/mol. The van der Waals surface area contributed by atoms with Gasteiger partial charge in [-0.2, -0.15) is 0 Å². The van der Waals surface area contributed by atoms with Crippen LogP contribution in [0.2, 0.25) is 0 Å². The van der Waals surface area contributed by atoms with E-state index in [0.29, 0.717) is 0 Å². The first-order valence-electron chi connectivity index (χ1n) is 6.80. The third kappa shape index (κ3) is 3.71. The summed E-state index contributed by atoms with van der Waals surface area (Å²) in [6.07, 6.45) is 1.79. The minimum atomic E-state index is 0.726. The van der Waals surface area contributed by atoms with Gasteiger partial charge in [0.05, 0.1) is 11.4 Å². The van der Waals surface area contributed by atoms with Crippen molar-refractivity contribution in [3.05, 3.63) is 64.5 Å². The normalized spacial score (nSPS) is 10.7. The van der Waals surface area contributed by atoms with Crippen LogP contribution in [0.3, 0.4) is 0 Å². The second kappa shape index (κ2) is 6.56. The van der Waals surface area contributed by atoms with E-state index in [1.165, 1.54) is 0 Å². The molecular formula is C16H16N4S. The number of thiazole rings is 1. The van der Waals surface area contributed by atoms with E-state index in [1.807, 2.05) is 31.2 Å². The number of benzene rings is 1. The molecule has 0 aliphatic rings. The molecule has 0 saturated heterocycles. The van der Waals surface area contributed by atoms with Crippen molar-refractivity contribution >= 4 is 11.3 Å². The Hall–Kier alpha value is -2.11. The summed E-state index contributed by atoms with van der Waals surface area (Å²) in [6, 6.07) is 12.2. The quantitative estimate of drug-likeness (QED) is 0.785. The van der Waals surface area contributed by atoms with Gasteiger partial charge in [-0.15, -0.1) is 11.3 Å². The number of rotatable bonds is 5. The second-order valence-corrected chi connectivity index (χ2v) is 5.63. The molecule has 0 amide bonds. The first-order valence-corrected chi connectivity index (χ1v) is 7.68. The molecule has 3 rings (SSSR count). The minimum absolute atomic E-state index is 0.726. The van der Waals surface area contributed by atoms with Gasteiger partial charge in [0, 0.05) is 30.2 Å². The van der Waals surface area contributed by atoms with Crippen LogP contribution in [0.25, 0.3) is 11.3 Å². The fourth-order valence-electron chi connectivity index (χ4n) is 2.03. The van der Waals surface area contributed by atoms with Crippen LogP contribution in [0, 0.1) is 6.92 Å². The molecular weight excluding hydrogens is 280 g/mol.